The fourth-order valence-electron chi connectivity index (χ4n) is 6.23. The minimum absolute atomic E-state index is 0.168. The van der Waals surface area contributed by atoms with Gasteiger partial charge in [0.05, 0.1) is 11.4 Å². The van der Waals surface area contributed by atoms with Gasteiger partial charge in [0.25, 0.3) is 0 Å². The Balaban J connectivity index is 1.02. The molecule has 1 aliphatic heterocycles. The van der Waals surface area contributed by atoms with Gasteiger partial charge in [-0.25, -0.2) is 9.48 Å². The van der Waals surface area contributed by atoms with Crippen LogP contribution in [0.15, 0.2) is 85.1 Å². The third-order valence-electron chi connectivity index (χ3n) is 8.96. The van der Waals surface area contributed by atoms with Crippen molar-refractivity contribution in [1.29, 1.82) is 0 Å². The predicted molar refractivity (Wildman–Crippen MR) is 186 cm³/mol. The van der Waals surface area contributed by atoms with Crippen molar-refractivity contribution in [2.24, 2.45) is 5.92 Å². The van der Waals surface area contributed by atoms with E-state index in [-0.39, 0.29) is 17.4 Å². The number of H-pyrrole nitrogens is 1. The lowest BCUT2D eigenvalue weighted by atomic mass is 9.90. The van der Waals surface area contributed by atoms with Gasteiger partial charge in [-0.2, -0.15) is 5.10 Å². The summed E-state index contributed by atoms with van der Waals surface area (Å²) in [7, 11) is 0. The quantitative estimate of drug-likeness (QED) is 0.165. The Morgan fingerprint density at radius 2 is 1.70 bits per heavy atom. The summed E-state index contributed by atoms with van der Waals surface area (Å²) in [5.41, 5.74) is 7.03. The molecule has 8 nitrogen and oxygen atoms in total. The number of aryl methyl sites for hydroxylation is 2. The van der Waals surface area contributed by atoms with Gasteiger partial charge in [0.2, 0.25) is 5.91 Å². The van der Waals surface area contributed by atoms with Crippen LogP contribution in [0.25, 0.3) is 16.6 Å². The van der Waals surface area contributed by atoms with E-state index in [1.807, 2.05) is 72.6 Å². The number of piperidine rings is 1. The number of hydrogen-bond acceptors (Lipinski definition) is 3. The van der Waals surface area contributed by atoms with Crippen LogP contribution in [0, 0.1) is 12.8 Å². The van der Waals surface area contributed by atoms with Crippen LogP contribution in [0.3, 0.4) is 0 Å². The minimum atomic E-state index is -0.315. The topological polar surface area (TPSA) is 95.1 Å². The average molecular weight is 617 g/mol. The number of rotatable bonds is 8. The molecule has 8 heteroatoms. The van der Waals surface area contributed by atoms with Gasteiger partial charge in [0, 0.05) is 53.8 Å². The summed E-state index contributed by atoms with van der Waals surface area (Å²) in [5.74, 6) is 1.35. The molecule has 3 N–H and O–H groups in total. The number of fused-ring (bicyclic) bond motifs is 1. The standard InChI is InChI=1S/C38H44N6O2/c1-26-12-15-31(16-13-26)44-35(24-34(42-44)38(2,3)4)41-37(46)40-30-9-7-8-28(23-30)22-27-18-20-43(21-19-27)36(45)17-14-29-25-39-33-11-6-5-10-32(29)33/h5-13,15-16,23-25,27,39H,14,17-22H2,1-4H3,(H2,40,41,46). The number of carbonyl (C=O) groups is 2. The first-order valence-corrected chi connectivity index (χ1v) is 16.3. The van der Waals surface area contributed by atoms with Crippen molar-refractivity contribution in [3.8, 4) is 5.69 Å². The highest BCUT2D eigenvalue weighted by atomic mass is 16.2. The second-order valence-electron chi connectivity index (χ2n) is 13.6. The molecule has 6 rings (SSSR count). The summed E-state index contributed by atoms with van der Waals surface area (Å²) < 4.78 is 1.79. The van der Waals surface area contributed by atoms with Gasteiger partial charge in [-0.3, -0.25) is 10.1 Å². The zero-order valence-corrected chi connectivity index (χ0v) is 27.3. The minimum Gasteiger partial charge on any atom is -0.361 e. The number of para-hydroxylation sites is 1. The Labute approximate surface area is 271 Å². The van der Waals surface area contributed by atoms with Crippen LogP contribution in [0.4, 0.5) is 16.3 Å². The molecule has 1 saturated heterocycles. The van der Waals surface area contributed by atoms with Crippen LogP contribution in [0.5, 0.6) is 0 Å². The van der Waals surface area contributed by atoms with Crippen LogP contribution < -0.4 is 10.6 Å². The summed E-state index contributed by atoms with van der Waals surface area (Å²) in [5, 5.41) is 12.1. The molecule has 2 aromatic heterocycles. The Hall–Kier alpha value is -4.85. The second kappa shape index (κ2) is 13.3. The normalized spacial score (nSPS) is 14.0. The van der Waals surface area contributed by atoms with Crippen molar-refractivity contribution < 1.29 is 9.59 Å². The molecular weight excluding hydrogens is 572 g/mol. The molecule has 0 saturated carbocycles. The second-order valence-corrected chi connectivity index (χ2v) is 13.6. The Kier molecular flexibility index (Phi) is 8.97. The molecular formula is C38H44N6O2. The molecule has 1 fully saturated rings. The van der Waals surface area contributed by atoms with Gasteiger partial charge in [0.15, 0.2) is 0 Å². The average Bonchev–Trinajstić information content (AvgIpc) is 3.65. The molecule has 0 unspecified atom stereocenters. The number of nitrogens with zero attached hydrogens (tertiary/aromatic N) is 3. The van der Waals surface area contributed by atoms with Crippen LogP contribution >= 0.6 is 0 Å². The molecule has 3 heterocycles. The summed E-state index contributed by atoms with van der Waals surface area (Å²) in [6.45, 7) is 9.97. The first kappa shape index (κ1) is 31.1. The monoisotopic (exact) mass is 616 g/mol. The highest BCUT2D eigenvalue weighted by Gasteiger charge is 2.24. The lowest BCUT2D eigenvalue weighted by Crippen LogP contribution is -2.39. The van der Waals surface area contributed by atoms with E-state index in [1.54, 1.807) is 4.68 Å². The van der Waals surface area contributed by atoms with Crippen molar-refractivity contribution in [2.45, 2.75) is 65.2 Å². The van der Waals surface area contributed by atoms with Crippen LogP contribution in [0.1, 0.15) is 62.4 Å². The number of aromatic amines is 1. The fourth-order valence-corrected chi connectivity index (χ4v) is 6.23. The van der Waals surface area contributed by atoms with Crippen molar-refractivity contribution in [3.63, 3.8) is 0 Å². The lowest BCUT2D eigenvalue weighted by molar-refractivity contribution is -0.132. The highest BCUT2D eigenvalue weighted by Crippen LogP contribution is 2.28. The maximum Gasteiger partial charge on any atom is 0.324 e. The van der Waals surface area contributed by atoms with Crippen molar-refractivity contribution in [2.75, 3.05) is 23.7 Å². The van der Waals surface area contributed by atoms with Crippen molar-refractivity contribution in [1.82, 2.24) is 19.7 Å². The zero-order chi connectivity index (χ0) is 32.3. The highest BCUT2D eigenvalue weighted by molar-refractivity contribution is 5.99. The van der Waals surface area contributed by atoms with Gasteiger partial charge < -0.3 is 15.2 Å². The molecule has 0 bridgehead atoms. The molecule has 1 aliphatic rings. The van der Waals surface area contributed by atoms with E-state index in [4.69, 9.17) is 5.10 Å². The fraction of sp³-hybridized carbons (Fsp3) is 0.342. The molecule has 0 radical (unpaired) electrons. The third-order valence-corrected chi connectivity index (χ3v) is 8.96. The molecule has 238 valence electrons. The van der Waals surface area contributed by atoms with E-state index in [2.05, 4.69) is 60.7 Å². The number of amides is 3. The first-order valence-electron chi connectivity index (χ1n) is 16.3. The largest absolute Gasteiger partial charge is 0.361 e. The van der Waals surface area contributed by atoms with Gasteiger partial charge in [-0.15, -0.1) is 0 Å². The molecule has 3 amide bonds. The summed E-state index contributed by atoms with van der Waals surface area (Å²) in [6, 6.07) is 26.0. The van der Waals surface area contributed by atoms with Crippen molar-refractivity contribution in [3.05, 3.63) is 107 Å². The Morgan fingerprint density at radius 1 is 0.935 bits per heavy atom. The maximum absolute atomic E-state index is 13.2. The van der Waals surface area contributed by atoms with Gasteiger partial charge >= 0.3 is 6.03 Å². The van der Waals surface area contributed by atoms with E-state index < -0.39 is 0 Å². The number of urea groups is 1. The molecule has 0 aliphatic carbocycles. The van der Waals surface area contributed by atoms with Gasteiger partial charge in [-0.1, -0.05) is 68.8 Å². The van der Waals surface area contributed by atoms with Crippen LogP contribution in [-0.2, 0) is 23.1 Å². The summed E-state index contributed by atoms with van der Waals surface area (Å²) in [4.78, 5) is 31.5. The number of benzene rings is 3. The van der Waals surface area contributed by atoms with Crippen molar-refractivity contribution >= 4 is 34.3 Å². The van der Waals surface area contributed by atoms with E-state index >= 15 is 0 Å². The van der Waals surface area contributed by atoms with Crippen LogP contribution in [-0.4, -0.2) is 44.7 Å². The molecule has 0 spiro atoms. The van der Waals surface area contributed by atoms with E-state index in [1.165, 1.54) is 16.5 Å². The summed E-state index contributed by atoms with van der Waals surface area (Å²) >= 11 is 0. The molecule has 0 atom stereocenters. The molecule has 5 aromatic rings. The van der Waals surface area contributed by atoms with Gasteiger partial charge in [0.1, 0.15) is 5.82 Å². The molecule has 46 heavy (non-hydrogen) atoms. The van der Waals surface area contributed by atoms with E-state index in [0.717, 1.165) is 66.9 Å². The summed E-state index contributed by atoms with van der Waals surface area (Å²) in [6.07, 6.45) is 6.20. The van der Waals surface area contributed by atoms with Crippen LogP contribution in [0.2, 0.25) is 0 Å². The zero-order valence-electron chi connectivity index (χ0n) is 27.3. The first-order chi connectivity index (χ1) is 22.1. The number of hydrogen-bond donors (Lipinski definition) is 3. The smallest absolute Gasteiger partial charge is 0.324 e. The maximum atomic E-state index is 13.2. The number of anilines is 2. The molecule has 3 aromatic carbocycles. The Bertz CT molecular complexity index is 1820. The Morgan fingerprint density at radius 3 is 2.46 bits per heavy atom. The number of likely N-dealkylation sites (tertiary alicyclic amines) is 1. The lowest BCUT2D eigenvalue weighted by Gasteiger charge is -2.32. The SMILES string of the molecule is Cc1ccc(-n2nc(C(C)(C)C)cc2NC(=O)Nc2cccc(CC3CCN(C(=O)CCc4c[nH]c5ccccc45)CC3)c2)cc1. The van der Waals surface area contributed by atoms with Gasteiger partial charge in [-0.05, 0) is 80.0 Å². The number of aromatic nitrogens is 3. The third kappa shape index (κ3) is 7.33. The van der Waals surface area contributed by atoms with E-state index in [0.29, 0.717) is 18.2 Å². The van der Waals surface area contributed by atoms with E-state index in [9.17, 15) is 9.59 Å². The number of nitrogens with one attached hydrogen (secondary N) is 3. The predicted octanol–water partition coefficient (Wildman–Crippen LogP) is 8.02. The number of carbonyl (C=O) groups excluding carboxylic acids is 2.